The van der Waals surface area contributed by atoms with Gasteiger partial charge in [0.25, 0.3) is 6.71 Å². The van der Waals surface area contributed by atoms with Crippen LogP contribution in [0, 0.1) is 0 Å². The van der Waals surface area contributed by atoms with Crippen molar-refractivity contribution in [3.63, 3.8) is 0 Å². The zero-order chi connectivity index (χ0) is 40.2. The molecule has 0 saturated carbocycles. The molecule has 0 N–H and O–H groups in total. The van der Waals surface area contributed by atoms with Crippen molar-refractivity contribution in [3.8, 4) is 61.7 Å². The van der Waals surface area contributed by atoms with Crippen LogP contribution < -0.4 is 21.1 Å². The Hall–Kier alpha value is -6.58. The van der Waals surface area contributed by atoms with E-state index >= 15 is 0 Å². The Morgan fingerprint density at radius 2 is 0.966 bits per heavy atom. The van der Waals surface area contributed by atoms with E-state index in [1.165, 1.54) is 99.5 Å². The summed E-state index contributed by atoms with van der Waals surface area (Å²) < 4.78 is 9.66. The van der Waals surface area contributed by atoms with Crippen LogP contribution in [0.15, 0.2) is 170 Å². The lowest BCUT2D eigenvalue weighted by Crippen LogP contribution is -2.58. The first kappa shape index (κ1) is 35.6. The zero-order valence-electron chi connectivity index (χ0n) is 34.6. The number of fused-ring (bicyclic) bond motifs is 7. The molecule has 0 unspecified atom stereocenters. The fraction of sp³-hybridized carbons (Fsp3) is 0.143. The van der Waals surface area contributed by atoms with Gasteiger partial charge >= 0.3 is 0 Å². The maximum Gasteiger partial charge on any atom is 0.256 e. The van der Waals surface area contributed by atoms with Gasteiger partial charge in [-0.1, -0.05) is 175 Å². The molecule has 0 bridgehead atoms. The van der Waals surface area contributed by atoms with Crippen molar-refractivity contribution >= 4 is 44.9 Å². The molecule has 0 atom stereocenters. The minimum absolute atomic E-state index is 0.00628. The van der Waals surface area contributed by atoms with Gasteiger partial charge in [0.2, 0.25) is 0 Å². The Morgan fingerprint density at radius 3 is 1.58 bits per heavy atom. The van der Waals surface area contributed by atoms with Gasteiger partial charge in [0.1, 0.15) is 11.5 Å². The second kappa shape index (κ2) is 13.0. The van der Waals surface area contributed by atoms with E-state index < -0.39 is 0 Å². The van der Waals surface area contributed by atoms with Crippen LogP contribution in [-0.4, -0.2) is 11.3 Å². The quantitative estimate of drug-likeness (QED) is 0.163. The third-order valence-electron chi connectivity index (χ3n) is 12.8. The van der Waals surface area contributed by atoms with Gasteiger partial charge in [0.15, 0.2) is 0 Å². The zero-order valence-corrected chi connectivity index (χ0v) is 34.6. The van der Waals surface area contributed by atoms with Crippen molar-refractivity contribution in [1.82, 2.24) is 4.57 Å². The van der Waals surface area contributed by atoms with Gasteiger partial charge < -0.3 is 9.30 Å². The highest BCUT2D eigenvalue weighted by Crippen LogP contribution is 2.44. The van der Waals surface area contributed by atoms with Gasteiger partial charge in [-0.3, -0.25) is 0 Å². The summed E-state index contributed by atoms with van der Waals surface area (Å²) >= 11 is 0. The number of nitrogens with zero attached hydrogens (tertiary/aromatic N) is 1. The monoisotopic (exact) mass is 759 g/mol. The van der Waals surface area contributed by atoms with Gasteiger partial charge in [0.05, 0.1) is 5.52 Å². The van der Waals surface area contributed by atoms with Crippen LogP contribution in [0.1, 0.15) is 52.7 Å². The summed E-state index contributed by atoms with van der Waals surface area (Å²) in [5.41, 5.74) is 19.7. The van der Waals surface area contributed by atoms with Crippen LogP contribution in [0.25, 0.3) is 72.0 Å². The Morgan fingerprint density at radius 1 is 0.424 bits per heavy atom. The topological polar surface area (TPSA) is 14.2 Å². The number of rotatable bonds is 4. The largest absolute Gasteiger partial charge is 0.458 e. The first-order chi connectivity index (χ1) is 28.5. The molecular formula is C56H46BNO. The number of hydrogen-bond donors (Lipinski definition) is 0. The van der Waals surface area contributed by atoms with Crippen molar-refractivity contribution in [1.29, 1.82) is 0 Å². The van der Waals surface area contributed by atoms with Gasteiger partial charge in [-0.2, -0.15) is 0 Å². The fourth-order valence-corrected chi connectivity index (χ4v) is 9.71. The van der Waals surface area contributed by atoms with Crippen LogP contribution in [0.4, 0.5) is 0 Å². The molecule has 2 aliphatic rings. The van der Waals surface area contributed by atoms with Gasteiger partial charge in [-0.05, 0) is 119 Å². The first-order valence-electron chi connectivity index (χ1n) is 21.0. The summed E-state index contributed by atoms with van der Waals surface area (Å²) in [5, 5.41) is 2.51. The second-order valence-electron chi connectivity index (χ2n) is 18.5. The van der Waals surface area contributed by atoms with E-state index in [4.69, 9.17) is 4.74 Å². The lowest BCUT2D eigenvalue weighted by atomic mass is 9.34. The number of ether oxygens (including phenoxy) is 1. The minimum atomic E-state index is -0.0837. The van der Waals surface area contributed by atoms with E-state index in [9.17, 15) is 0 Å². The SMILES string of the molecule is CC(C)(C)c1ccc2c(c1)Oc1cc(C(C)(C)C)cc3c1B2c1cc(-c2ccccc2-c2ccccc2)cc2c4cc(-c5ccccc5-c5ccccc5)ccc4n-3c12. The second-order valence-corrected chi connectivity index (χ2v) is 18.5. The molecule has 0 saturated heterocycles. The highest BCUT2D eigenvalue weighted by molar-refractivity contribution is 6.99. The van der Waals surface area contributed by atoms with Crippen molar-refractivity contribution in [2.75, 3.05) is 0 Å². The Labute approximate surface area is 347 Å². The molecule has 3 heterocycles. The van der Waals surface area contributed by atoms with Crippen LogP contribution >= 0.6 is 0 Å². The lowest BCUT2D eigenvalue weighted by Gasteiger charge is -2.36. The molecule has 3 heteroatoms. The molecule has 8 aromatic carbocycles. The summed E-state index contributed by atoms with van der Waals surface area (Å²) in [6, 6.07) is 63.1. The predicted octanol–water partition coefficient (Wildman–Crippen LogP) is 13.0. The molecule has 11 rings (SSSR count). The van der Waals surface area contributed by atoms with E-state index in [0.717, 1.165) is 11.5 Å². The maximum atomic E-state index is 7.11. The standard InChI is InChI=1S/C56H46BNO/c1-55(2,3)39-26-27-47-51(33-39)59-52-34-40(56(4,5)6)32-50-53(52)57(47)48-31-38(44-24-16-14-22-42(44)36-19-11-8-12-20-36)30-46-45-29-37(25-28-49(45)58(50)54(46)48)43-23-15-13-21-41(43)35-17-9-7-10-18-35/h7-34H,1-6H3. The summed E-state index contributed by atoms with van der Waals surface area (Å²) in [7, 11) is 0. The van der Waals surface area contributed by atoms with Crippen LogP contribution in [-0.2, 0) is 10.8 Å². The van der Waals surface area contributed by atoms with Crippen molar-refractivity contribution in [3.05, 3.63) is 181 Å². The normalized spacial score (nSPS) is 13.0. The maximum absolute atomic E-state index is 7.11. The third-order valence-corrected chi connectivity index (χ3v) is 12.8. The number of benzene rings is 8. The highest BCUT2D eigenvalue weighted by Gasteiger charge is 2.42. The summed E-state index contributed by atoms with van der Waals surface area (Å²) in [6.07, 6.45) is 0. The number of aromatic nitrogens is 1. The van der Waals surface area contributed by atoms with E-state index in [-0.39, 0.29) is 17.5 Å². The van der Waals surface area contributed by atoms with Crippen molar-refractivity contribution in [2.45, 2.75) is 52.4 Å². The molecule has 0 radical (unpaired) electrons. The summed E-state index contributed by atoms with van der Waals surface area (Å²) in [4.78, 5) is 0. The Bertz CT molecular complexity index is 3140. The van der Waals surface area contributed by atoms with Gasteiger partial charge in [-0.25, -0.2) is 0 Å². The molecule has 0 amide bonds. The predicted molar refractivity (Wildman–Crippen MR) is 251 cm³/mol. The van der Waals surface area contributed by atoms with Crippen LogP contribution in [0.5, 0.6) is 11.5 Å². The smallest absolute Gasteiger partial charge is 0.256 e. The van der Waals surface area contributed by atoms with E-state index in [1.807, 2.05) is 0 Å². The molecule has 0 aliphatic carbocycles. The molecule has 0 fully saturated rings. The van der Waals surface area contributed by atoms with Crippen LogP contribution in [0.2, 0.25) is 0 Å². The molecule has 9 aromatic rings. The summed E-state index contributed by atoms with van der Waals surface area (Å²) in [5.74, 6) is 1.92. The summed E-state index contributed by atoms with van der Waals surface area (Å²) in [6.45, 7) is 13.8. The molecule has 59 heavy (non-hydrogen) atoms. The van der Waals surface area contributed by atoms with E-state index in [1.54, 1.807) is 0 Å². The number of hydrogen-bond acceptors (Lipinski definition) is 1. The average Bonchev–Trinajstić information content (AvgIpc) is 3.58. The lowest BCUT2D eigenvalue weighted by molar-refractivity contribution is 0.479. The van der Waals surface area contributed by atoms with Crippen molar-refractivity contribution in [2.24, 2.45) is 0 Å². The molecule has 1 aromatic heterocycles. The van der Waals surface area contributed by atoms with Crippen molar-refractivity contribution < 1.29 is 4.74 Å². The molecule has 284 valence electrons. The Balaban J connectivity index is 1.26. The first-order valence-corrected chi connectivity index (χ1v) is 21.0. The Kier molecular flexibility index (Phi) is 7.82. The van der Waals surface area contributed by atoms with E-state index in [0.29, 0.717) is 0 Å². The third kappa shape index (κ3) is 5.63. The highest BCUT2D eigenvalue weighted by atomic mass is 16.5. The molecule has 2 aliphatic heterocycles. The minimum Gasteiger partial charge on any atom is -0.458 e. The molecule has 2 nitrogen and oxygen atoms in total. The van der Waals surface area contributed by atoms with Gasteiger partial charge in [0, 0.05) is 22.0 Å². The van der Waals surface area contributed by atoms with Gasteiger partial charge in [-0.15, -0.1) is 0 Å². The molecular weight excluding hydrogens is 713 g/mol. The van der Waals surface area contributed by atoms with Crippen LogP contribution in [0.3, 0.4) is 0 Å². The average molecular weight is 760 g/mol. The molecule has 0 spiro atoms. The fourth-order valence-electron chi connectivity index (χ4n) is 9.71. The van der Waals surface area contributed by atoms with E-state index in [2.05, 4.69) is 216 Å².